The Labute approximate surface area is 125 Å². The fourth-order valence-corrected chi connectivity index (χ4v) is 3.90. The number of anilines is 1. The third-order valence-corrected chi connectivity index (χ3v) is 5.20. The SMILES string of the molecule is Cc1cc(C)c(S(=O)(=O)NCCn2ccnc2)c(C)c1N. The molecule has 7 heteroatoms. The number of aryl methyl sites for hydroxylation is 2. The van der Waals surface area contributed by atoms with Crippen molar-refractivity contribution < 1.29 is 8.42 Å². The number of imidazole rings is 1. The third kappa shape index (κ3) is 3.25. The molecule has 1 aromatic carbocycles. The molecule has 21 heavy (non-hydrogen) atoms. The predicted molar refractivity (Wildman–Crippen MR) is 82.5 cm³/mol. The lowest BCUT2D eigenvalue weighted by atomic mass is 10.1. The Morgan fingerprint density at radius 2 is 2.00 bits per heavy atom. The number of rotatable bonds is 5. The fourth-order valence-electron chi connectivity index (χ4n) is 2.40. The van der Waals surface area contributed by atoms with Gasteiger partial charge in [-0.1, -0.05) is 6.07 Å². The Balaban J connectivity index is 2.22. The number of benzene rings is 1. The number of sulfonamides is 1. The van der Waals surface area contributed by atoms with Crippen molar-refractivity contribution in [2.24, 2.45) is 0 Å². The van der Waals surface area contributed by atoms with Crippen LogP contribution in [0.4, 0.5) is 5.69 Å². The van der Waals surface area contributed by atoms with E-state index < -0.39 is 10.0 Å². The number of hydrogen-bond donors (Lipinski definition) is 2. The first-order valence-corrected chi connectivity index (χ1v) is 8.13. The maximum Gasteiger partial charge on any atom is 0.241 e. The molecule has 114 valence electrons. The number of nitrogen functional groups attached to an aromatic ring is 1. The highest BCUT2D eigenvalue weighted by atomic mass is 32.2. The molecule has 0 aliphatic rings. The van der Waals surface area contributed by atoms with E-state index in [0.717, 1.165) is 5.56 Å². The van der Waals surface area contributed by atoms with Gasteiger partial charge in [-0.15, -0.1) is 0 Å². The maximum absolute atomic E-state index is 12.5. The zero-order valence-electron chi connectivity index (χ0n) is 12.4. The van der Waals surface area contributed by atoms with Crippen LogP contribution in [0.2, 0.25) is 0 Å². The summed E-state index contributed by atoms with van der Waals surface area (Å²) in [5.74, 6) is 0. The Kier molecular flexibility index (Phi) is 4.34. The van der Waals surface area contributed by atoms with Crippen LogP contribution in [0.15, 0.2) is 29.7 Å². The summed E-state index contributed by atoms with van der Waals surface area (Å²) in [5.41, 5.74) is 8.67. The van der Waals surface area contributed by atoms with Crippen LogP contribution in [-0.2, 0) is 16.6 Å². The molecule has 0 spiro atoms. The zero-order chi connectivity index (χ0) is 15.6. The highest BCUT2D eigenvalue weighted by molar-refractivity contribution is 7.89. The van der Waals surface area contributed by atoms with Gasteiger partial charge >= 0.3 is 0 Å². The highest BCUT2D eigenvalue weighted by Gasteiger charge is 2.21. The Morgan fingerprint density at radius 1 is 1.29 bits per heavy atom. The molecule has 0 fully saturated rings. The largest absolute Gasteiger partial charge is 0.398 e. The van der Waals surface area contributed by atoms with E-state index in [2.05, 4.69) is 9.71 Å². The first-order chi connectivity index (χ1) is 9.83. The van der Waals surface area contributed by atoms with E-state index in [1.807, 2.05) is 11.5 Å². The van der Waals surface area contributed by atoms with Crippen LogP contribution in [0.1, 0.15) is 16.7 Å². The quantitative estimate of drug-likeness (QED) is 0.816. The minimum atomic E-state index is -3.58. The number of nitrogens with one attached hydrogen (secondary N) is 1. The van der Waals surface area contributed by atoms with Crippen LogP contribution in [0.3, 0.4) is 0 Å². The molecule has 0 aliphatic carbocycles. The second-order valence-corrected chi connectivity index (χ2v) is 6.78. The minimum Gasteiger partial charge on any atom is -0.398 e. The average Bonchev–Trinajstić information content (AvgIpc) is 2.88. The van der Waals surface area contributed by atoms with E-state index in [1.165, 1.54) is 0 Å². The first kappa shape index (κ1) is 15.5. The summed E-state index contributed by atoms with van der Waals surface area (Å²) in [6.45, 7) is 6.21. The summed E-state index contributed by atoms with van der Waals surface area (Å²) in [7, 11) is -3.58. The van der Waals surface area contributed by atoms with Gasteiger partial charge in [-0.3, -0.25) is 0 Å². The van der Waals surface area contributed by atoms with Crippen LogP contribution in [0.25, 0.3) is 0 Å². The summed E-state index contributed by atoms with van der Waals surface area (Å²) in [6, 6.07) is 1.80. The number of nitrogens with zero attached hydrogens (tertiary/aromatic N) is 2. The van der Waals surface area contributed by atoms with Gasteiger partial charge in [-0.25, -0.2) is 18.1 Å². The van der Waals surface area contributed by atoms with Crippen LogP contribution < -0.4 is 10.5 Å². The maximum atomic E-state index is 12.5. The molecule has 1 aromatic heterocycles. The molecular weight excluding hydrogens is 288 g/mol. The van der Waals surface area contributed by atoms with Crippen LogP contribution >= 0.6 is 0 Å². The summed E-state index contributed by atoms with van der Waals surface area (Å²) in [4.78, 5) is 4.19. The normalized spacial score (nSPS) is 11.8. The molecule has 0 radical (unpaired) electrons. The van der Waals surface area contributed by atoms with Crippen molar-refractivity contribution in [2.45, 2.75) is 32.2 Å². The van der Waals surface area contributed by atoms with E-state index >= 15 is 0 Å². The molecule has 6 nitrogen and oxygen atoms in total. The molecule has 0 unspecified atom stereocenters. The van der Waals surface area contributed by atoms with Gasteiger partial charge in [-0.05, 0) is 37.5 Å². The van der Waals surface area contributed by atoms with Gasteiger partial charge in [0.1, 0.15) is 0 Å². The van der Waals surface area contributed by atoms with Gasteiger partial charge in [0.05, 0.1) is 11.2 Å². The topological polar surface area (TPSA) is 90.0 Å². The lowest BCUT2D eigenvalue weighted by Crippen LogP contribution is -2.28. The zero-order valence-corrected chi connectivity index (χ0v) is 13.2. The van der Waals surface area contributed by atoms with Crippen LogP contribution in [0, 0.1) is 20.8 Å². The van der Waals surface area contributed by atoms with Gasteiger partial charge in [0.15, 0.2) is 0 Å². The van der Waals surface area contributed by atoms with Crippen LogP contribution in [0.5, 0.6) is 0 Å². The molecule has 0 saturated heterocycles. The molecule has 3 N–H and O–H groups in total. The van der Waals surface area contributed by atoms with E-state index in [1.54, 1.807) is 38.6 Å². The minimum absolute atomic E-state index is 0.274. The van der Waals surface area contributed by atoms with Gasteiger partial charge < -0.3 is 10.3 Å². The van der Waals surface area contributed by atoms with Gasteiger partial charge in [0.2, 0.25) is 10.0 Å². The number of aromatic nitrogens is 2. The molecule has 0 amide bonds. The molecule has 2 aromatic rings. The molecule has 0 saturated carbocycles. The smallest absolute Gasteiger partial charge is 0.241 e. The van der Waals surface area contributed by atoms with Crippen molar-refractivity contribution in [1.82, 2.24) is 14.3 Å². The van der Waals surface area contributed by atoms with Crippen molar-refractivity contribution in [2.75, 3.05) is 12.3 Å². The van der Waals surface area contributed by atoms with E-state index in [0.29, 0.717) is 29.9 Å². The first-order valence-electron chi connectivity index (χ1n) is 6.64. The summed E-state index contributed by atoms with van der Waals surface area (Å²) in [5, 5.41) is 0. The number of hydrogen-bond acceptors (Lipinski definition) is 4. The second kappa shape index (κ2) is 5.87. The molecular formula is C14H20N4O2S. The summed E-state index contributed by atoms with van der Waals surface area (Å²) in [6.07, 6.45) is 5.09. The Hall–Kier alpha value is -1.86. The van der Waals surface area contributed by atoms with Crippen molar-refractivity contribution in [3.63, 3.8) is 0 Å². The number of nitrogens with two attached hydrogens (primary N) is 1. The van der Waals surface area contributed by atoms with Crippen molar-refractivity contribution >= 4 is 15.7 Å². The van der Waals surface area contributed by atoms with Gasteiger partial charge in [-0.2, -0.15) is 0 Å². The third-order valence-electron chi connectivity index (χ3n) is 3.45. The van der Waals surface area contributed by atoms with Gasteiger partial charge in [0.25, 0.3) is 0 Å². The Bertz CT molecular complexity index is 737. The molecule has 0 atom stereocenters. The van der Waals surface area contributed by atoms with E-state index in [4.69, 9.17) is 5.73 Å². The molecule has 2 rings (SSSR count). The van der Waals surface area contributed by atoms with Gasteiger partial charge in [0, 0.05) is 31.2 Å². The fraction of sp³-hybridized carbons (Fsp3) is 0.357. The van der Waals surface area contributed by atoms with E-state index in [9.17, 15) is 8.42 Å². The lowest BCUT2D eigenvalue weighted by Gasteiger charge is -2.15. The highest BCUT2D eigenvalue weighted by Crippen LogP contribution is 2.27. The molecule has 0 aliphatic heterocycles. The lowest BCUT2D eigenvalue weighted by molar-refractivity contribution is 0.571. The molecule has 0 bridgehead atoms. The van der Waals surface area contributed by atoms with Crippen molar-refractivity contribution in [1.29, 1.82) is 0 Å². The summed E-state index contributed by atoms with van der Waals surface area (Å²) >= 11 is 0. The predicted octanol–water partition coefficient (Wildman–Crippen LogP) is 1.37. The average molecular weight is 308 g/mol. The van der Waals surface area contributed by atoms with E-state index in [-0.39, 0.29) is 4.90 Å². The van der Waals surface area contributed by atoms with Crippen LogP contribution in [-0.4, -0.2) is 24.5 Å². The van der Waals surface area contributed by atoms with Crippen molar-refractivity contribution in [3.8, 4) is 0 Å². The second-order valence-electron chi connectivity index (χ2n) is 5.08. The summed E-state index contributed by atoms with van der Waals surface area (Å²) < 4.78 is 29.4. The standard InChI is InChI=1S/C14H20N4O2S/c1-10-8-11(2)14(12(3)13(10)15)21(19,20)17-5-7-18-6-4-16-9-18/h4,6,8-9,17H,5,7,15H2,1-3H3. The molecule has 1 heterocycles. The van der Waals surface area contributed by atoms with Crippen molar-refractivity contribution in [3.05, 3.63) is 41.5 Å². The Morgan fingerprint density at radius 3 is 2.62 bits per heavy atom. The monoisotopic (exact) mass is 308 g/mol.